The lowest BCUT2D eigenvalue weighted by Crippen LogP contribution is -2.39. The van der Waals surface area contributed by atoms with Crippen LogP contribution in [0.1, 0.15) is 81.3 Å². The van der Waals surface area contributed by atoms with E-state index in [4.69, 9.17) is 9.84 Å². The summed E-state index contributed by atoms with van der Waals surface area (Å²) in [6.07, 6.45) is 7.44. The summed E-state index contributed by atoms with van der Waals surface area (Å²) in [5.41, 5.74) is 3.79. The maximum absolute atomic E-state index is 14.0. The largest absolute Gasteiger partial charge is 0.371 e. The van der Waals surface area contributed by atoms with Crippen molar-refractivity contribution in [2.45, 2.75) is 81.8 Å². The molecular weight excluding hydrogens is 568 g/mol. The second kappa shape index (κ2) is 11.6. The molecule has 1 unspecified atom stereocenters. The number of thioether (sulfide) groups is 1. The minimum absolute atomic E-state index is 0.142. The normalized spacial score (nSPS) is 23.1. The Bertz CT molecular complexity index is 1480. The number of carbonyl (C=O) groups excluding carboxylic acids is 1. The van der Waals surface area contributed by atoms with Crippen LogP contribution in [0.15, 0.2) is 41.3 Å². The summed E-state index contributed by atoms with van der Waals surface area (Å²) in [5.74, 6) is -1.13. The lowest BCUT2D eigenvalue weighted by molar-refractivity contribution is -0.0369. The van der Waals surface area contributed by atoms with Gasteiger partial charge in [0.25, 0.3) is 11.8 Å². The van der Waals surface area contributed by atoms with Gasteiger partial charge in [-0.25, -0.2) is 13.5 Å². The molecule has 1 amide bonds. The number of nitrogens with one attached hydrogen (secondary N) is 1. The second-order valence-electron chi connectivity index (χ2n) is 12.7. The van der Waals surface area contributed by atoms with Crippen molar-refractivity contribution in [2.24, 2.45) is 5.41 Å². The molecule has 10 heteroatoms. The van der Waals surface area contributed by atoms with Crippen molar-refractivity contribution in [3.05, 3.63) is 42.0 Å². The number of piperidine rings is 2. The smallest absolute Gasteiger partial charge is 0.257 e. The minimum Gasteiger partial charge on any atom is -0.371 e. The van der Waals surface area contributed by atoms with Crippen LogP contribution in [0.5, 0.6) is 0 Å². The van der Waals surface area contributed by atoms with Crippen molar-refractivity contribution in [1.29, 1.82) is 0 Å². The van der Waals surface area contributed by atoms with Crippen LogP contribution >= 0.6 is 11.8 Å². The fourth-order valence-electron chi connectivity index (χ4n) is 6.94. The average molecular weight is 610 g/mol. The molecule has 230 valence electrons. The molecule has 1 N–H and O–H groups in total. The van der Waals surface area contributed by atoms with Crippen molar-refractivity contribution in [2.75, 3.05) is 53.7 Å². The zero-order valence-electron chi connectivity index (χ0n) is 24.9. The summed E-state index contributed by atoms with van der Waals surface area (Å²) in [5, 5.41) is 8.94. The molecule has 1 aliphatic carbocycles. The summed E-state index contributed by atoms with van der Waals surface area (Å²) in [6, 6.07) is 12.0. The Morgan fingerprint density at radius 1 is 1.00 bits per heavy atom. The Morgan fingerprint density at radius 2 is 1.77 bits per heavy atom. The first kappa shape index (κ1) is 28.9. The number of hydrogen-bond donors (Lipinski definition) is 1. The number of amides is 1. The number of rotatable bonds is 7. The van der Waals surface area contributed by atoms with Gasteiger partial charge < -0.3 is 19.9 Å². The Labute approximate surface area is 256 Å². The molecule has 3 aromatic rings. The van der Waals surface area contributed by atoms with Gasteiger partial charge in [-0.05, 0) is 92.5 Å². The number of nitrogens with zero attached hydrogens (tertiary/aromatic N) is 4. The zero-order valence-corrected chi connectivity index (χ0v) is 25.7. The third kappa shape index (κ3) is 5.97. The zero-order chi connectivity index (χ0) is 29.6. The first-order valence-corrected chi connectivity index (χ1v) is 16.9. The van der Waals surface area contributed by atoms with E-state index < -0.39 is 5.92 Å². The van der Waals surface area contributed by atoms with Gasteiger partial charge in [0.05, 0.1) is 16.8 Å². The van der Waals surface area contributed by atoms with E-state index in [9.17, 15) is 13.6 Å². The number of halogens is 2. The van der Waals surface area contributed by atoms with Gasteiger partial charge in [0.15, 0.2) is 12.0 Å². The van der Waals surface area contributed by atoms with Gasteiger partial charge in [0.2, 0.25) is 0 Å². The summed E-state index contributed by atoms with van der Waals surface area (Å²) < 4.78 is 36.0. The maximum Gasteiger partial charge on any atom is 0.257 e. The highest BCUT2D eigenvalue weighted by atomic mass is 32.2. The van der Waals surface area contributed by atoms with Gasteiger partial charge in [0.1, 0.15) is 0 Å². The number of hydrogen-bond acceptors (Lipinski definition) is 6. The van der Waals surface area contributed by atoms with Crippen molar-refractivity contribution in [1.82, 2.24) is 9.78 Å². The molecule has 3 aliphatic heterocycles. The van der Waals surface area contributed by atoms with Gasteiger partial charge in [-0.2, -0.15) is 5.10 Å². The lowest BCUT2D eigenvalue weighted by atomic mass is 9.93. The van der Waals surface area contributed by atoms with E-state index in [0.29, 0.717) is 29.1 Å². The van der Waals surface area contributed by atoms with Crippen LogP contribution in [0.4, 0.5) is 26.0 Å². The van der Waals surface area contributed by atoms with Crippen LogP contribution in [-0.4, -0.2) is 60.1 Å². The van der Waals surface area contributed by atoms with Crippen LogP contribution in [0, 0.1) is 5.41 Å². The third-order valence-corrected chi connectivity index (χ3v) is 10.7. The summed E-state index contributed by atoms with van der Waals surface area (Å²) in [7, 11) is 0. The number of fused-ring (bicyclic) bond motifs is 1. The molecule has 1 aromatic heterocycles. The SMILES string of the molecule is CCSc1ccc(C(=O)Nc2ccc3c(c2)c(N2CCC(F)(F)CC2)nn3C2CCCCO2)c(N2CCC3(CC2)CC3)c1. The Kier molecular flexibility index (Phi) is 7.78. The van der Waals surface area contributed by atoms with E-state index in [1.54, 1.807) is 11.8 Å². The van der Waals surface area contributed by atoms with E-state index >= 15 is 0 Å². The van der Waals surface area contributed by atoms with E-state index in [2.05, 4.69) is 23.2 Å². The number of carbonyl (C=O) groups is 1. The molecule has 4 aliphatic rings. The van der Waals surface area contributed by atoms with Crippen LogP contribution < -0.4 is 15.1 Å². The number of anilines is 3. The Balaban J connectivity index is 1.19. The van der Waals surface area contributed by atoms with Crippen LogP contribution in [0.3, 0.4) is 0 Å². The van der Waals surface area contributed by atoms with E-state index in [1.165, 1.54) is 30.6 Å². The van der Waals surface area contributed by atoms with E-state index in [-0.39, 0.29) is 38.1 Å². The van der Waals surface area contributed by atoms with Crippen molar-refractivity contribution in [3.8, 4) is 0 Å². The van der Waals surface area contributed by atoms with Gasteiger partial charge in [-0.15, -0.1) is 11.8 Å². The van der Waals surface area contributed by atoms with E-state index in [0.717, 1.165) is 54.7 Å². The highest BCUT2D eigenvalue weighted by Gasteiger charge is 2.44. The summed E-state index contributed by atoms with van der Waals surface area (Å²) in [4.78, 5) is 19.4. The summed E-state index contributed by atoms with van der Waals surface area (Å²) >= 11 is 1.79. The van der Waals surface area contributed by atoms with E-state index in [1.807, 2.05) is 39.9 Å². The molecule has 7 nitrogen and oxygen atoms in total. The number of aromatic nitrogens is 2. The monoisotopic (exact) mass is 609 g/mol. The van der Waals surface area contributed by atoms with Crippen LogP contribution in [-0.2, 0) is 4.74 Å². The van der Waals surface area contributed by atoms with Crippen molar-refractivity contribution in [3.63, 3.8) is 0 Å². The topological polar surface area (TPSA) is 62.6 Å². The number of ether oxygens (including phenoxy) is 1. The Morgan fingerprint density at radius 3 is 2.47 bits per heavy atom. The molecular formula is C33H41F2N5O2S. The quantitative estimate of drug-likeness (QED) is 0.277. The molecule has 1 spiro atoms. The molecule has 43 heavy (non-hydrogen) atoms. The Hall–Kier alpha value is -2.85. The highest BCUT2D eigenvalue weighted by Crippen LogP contribution is 2.54. The molecule has 2 aromatic carbocycles. The predicted octanol–water partition coefficient (Wildman–Crippen LogP) is 7.72. The van der Waals surface area contributed by atoms with Crippen molar-refractivity contribution >= 4 is 45.8 Å². The molecule has 1 atom stereocenters. The summed E-state index contributed by atoms with van der Waals surface area (Å²) in [6.45, 7) is 5.26. The molecule has 3 saturated heterocycles. The molecule has 0 bridgehead atoms. The standard InChI is InChI=1S/C33H41F2N5O2S/c1-2-43-24-7-8-25(28(22-24)38-16-12-32(10-11-32)13-17-38)31(41)36-23-6-9-27-26(21-23)30(39-18-14-33(34,35)15-19-39)37-40(27)29-5-3-4-20-42-29/h6-9,21-22,29H,2-5,10-20H2,1H3,(H,36,41). The number of alkyl halides is 2. The first-order valence-electron chi connectivity index (χ1n) is 15.9. The number of benzene rings is 2. The third-order valence-electron chi connectivity index (χ3n) is 9.81. The predicted molar refractivity (Wildman–Crippen MR) is 169 cm³/mol. The van der Waals surface area contributed by atoms with Gasteiger partial charge in [-0.3, -0.25) is 4.79 Å². The van der Waals surface area contributed by atoms with Gasteiger partial charge in [-0.1, -0.05) is 6.92 Å². The fraction of sp³-hybridized carbons (Fsp3) is 0.576. The van der Waals surface area contributed by atoms with Gasteiger partial charge >= 0.3 is 0 Å². The molecule has 4 heterocycles. The minimum atomic E-state index is -2.64. The van der Waals surface area contributed by atoms with Crippen LogP contribution in [0.2, 0.25) is 0 Å². The average Bonchev–Trinajstić information content (AvgIpc) is 3.66. The maximum atomic E-state index is 14.0. The van der Waals surface area contributed by atoms with Crippen molar-refractivity contribution < 1.29 is 18.3 Å². The second-order valence-corrected chi connectivity index (χ2v) is 14.1. The fourth-order valence-corrected chi connectivity index (χ4v) is 7.63. The molecule has 0 radical (unpaired) electrons. The van der Waals surface area contributed by atoms with Gasteiger partial charge in [0, 0.05) is 61.6 Å². The molecule has 7 rings (SSSR count). The molecule has 4 fully saturated rings. The first-order chi connectivity index (χ1) is 20.8. The van der Waals surface area contributed by atoms with Crippen LogP contribution in [0.25, 0.3) is 10.9 Å². The lowest BCUT2D eigenvalue weighted by Gasteiger charge is -2.35. The highest BCUT2D eigenvalue weighted by molar-refractivity contribution is 7.99. The molecule has 1 saturated carbocycles.